The van der Waals surface area contributed by atoms with Crippen molar-refractivity contribution in [1.82, 2.24) is 0 Å². The van der Waals surface area contributed by atoms with E-state index < -0.39 is 5.97 Å². The number of carbonyl (C=O) groups excluding carboxylic acids is 2. The Bertz CT molecular complexity index is 125. The van der Waals surface area contributed by atoms with Crippen LogP contribution in [0.3, 0.4) is 0 Å². The third kappa shape index (κ3) is 5.71. The molecule has 0 radical (unpaired) electrons. The Hall–Kier alpha value is -0.170. The van der Waals surface area contributed by atoms with Crippen molar-refractivity contribution in [2.75, 3.05) is 13.2 Å². The van der Waals surface area contributed by atoms with Crippen molar-refractivity contribution >= 4 is 32.4 Å². The molecule has 0 aliphatic heterocycles. The lowest BCUT2D eigenvalue weighted by Crippen LogP contribution is -2.18. The first-order valence-corrected chi connectivity index (χ1v) is 3.28. The summed E-state index contributed by atoms with van der Waals surface area (Å²) in [4.78, 5) is 20.3. The van der Waals surface area contributed by atoms with E-state index in [1.807, 2.05) is 0 Å². The molecule has 0 aromatic rings. The summed E-state index contributed by atoms with van der Waals surface area (Å²) < 4.78 is 4.12. The molecule has 0 amide bonds. The maximum atomic E-state index is 10.2. The lowest BCUT2D eigenvalue weighted by molar-refractivity contribution is -0.144. The topological polar surface area (TPSA) is 69.4 Å². The fraction of sp³-hybridized carbons (Fsp3) is 0.500. The van der Waals surface area contributed by atoms with E-state index in [0.29, 0.717) is 0 Å². The molecule has 0 aromatic carbocycles. The molecular formula is C4H6INO3. The second-order valence-corrected chi connectivity index (χ2v) is 2.42. The number of ether oxygens (including phenoxy) is 1. The molecule has 5 heteroatoms. The van der Waals surface area contributed by atoms with Gasteiger partial charge < -0.3 is 10.5 Å². The van der Waals surface area contributed by atoms with Crippen LogP contribution in [-0.4, -0.2) is 22.9 Å². The Morgan fingerprint density at radius 2 is 2.11 bits per heavy atom. The smallest absolute Gasteiger partial charge is 0.320 e. The van der Waals surface area contributed by atoms with Crippen molar-refractivity contribution in [3.05, 3.63) is 0 Å². The fourth-order valence-electron chi connectivity index (χ4n) is 0.196. The normalized spacial score (nSPS) is 8.67. The van der Waals surface area contributed by atoms with Gasteiger partial charge in [0.25, 0.3) is 0 Å². The average Bonchev–Trinajstić information content (AvgIpc) is 1.83. The van der Waals surface area contributed by atoms with Crippen LogP contribution < -0.4 is 5.73 Å². The summed E-state index contributed by atoms with van der Waals surface area (Å²) in [5, 5.41) is 0. The minimum absolute atomic E-state index is 0.177. The molecule has 52 valence electrons. The predicted molar refractivity (Wildman–Crippen MR) is 39.0 cm³/mol. The summed E-state index contributed by atoms with van der Waals surface area (Å²) in [7, 11) is 0. The monoisotopic (exact) mass is 243 g/mol. The molecule has 0 saturated heterocycles. The molecule has 9 heavy (non-hydrogen) atoms. The Morgan fingerprint density at radius 3 is 2.44 bits per heavy atom. The lowest BCUT2D eigenvalue weighted by atomic mass is 10.7. The Morgan fingerprint density at radius 1 is 1.56 bits per heavy atom. The van der Waals surface area contributed by atoms with Crippen molar-refractivity contribution < 1.29 is 14.3 Å². The minimum Gasteiger partial charge on any atom is -0.456 e. The van der Waals surface area contributed by atoms with Crippen LogP contribution in [0.15, 0.2) is 0 Å². The summed E-state index contributed by atoms with van der Waals surface area (Å²) >= 11 is 1.54. The first-order chi connectivity index (χ1) is 4.16. The molecule has 0 saturated carbocycles. The van der Waals surface area contributed by atoms with Gasteiger partial charge in [-0.05, 0) is 0 Å². The fourth-order valence-corrected chi connectivity index (χ4v) is 0.352. The van der Waals surface area contributed by atoms with Gasteiger partial charge in [-0.15, -0.1) is 0 Å². The van der Waals surface area contributed by atoms with Crippen molar-refractivity contribution in [2.24, 2.45) is 5.73 Å². The highest BCUT2D eigenvalue weighted by Gasteiger charge is 2.00. The molecule has 2 N–H and O–H groups in total. The average molecular weight is 243 g/mol. The molecule has 0 bridgehead atoms. The minimum atomic E-state index is -0.556. The summed E-state index contributed by atoms with van der Waals surface area (Å²) in [6.45, 7) is -0.361. The zero-order chi connectivity index (χ0) is 7.28. The Balaban J connectivity index is 3.28. The van der Waals surface area contributed by atoms with E-state index in [-0.39, 0.29) is 16.9 Å². The van der Waals surface area contributed by atoms with Crippen LogP contribution in [0, 0.1) is 0 Å². The zero-order valence-corrected chi connectivity index (χ0v) is 6.75. The second kappa shape index (κ2) is 4.68. The van der Waals surface area contributed by atoms with Crippen molar-refractivity contribution in [3.8, 4) is 0 Å². The lowest BCUT2D eigenvalue weighted by Gasteiger charge is -1.95. The molecule has 0 heterocycles. The van der Waals surface area contributed by atoms with Crippen LogP contribution >= 0.6 is 22.6 Å². The number of halogens is 1. The molecule has 0 aliphatic rings. The van der Waals surface area contributed by atoms with Crippen LogP contribution in [0.5, 0.6) is 0 Å². The number of hydrogen-bond donors (Lipinski definition) is 1. The van der Waals surface area contributed by atoms with Crippen LogP contribution in [0.25, 0.3) is 0 Å². The second-order valence-electron chi connectivity index (χ2n) is 1.22. The SMILES string of the molecule is NCC(=O)OCC(=O)I. The quantitative estimate of drug-likeness (QED) is 0.410. The number of esters is 1. The van der Waals surface area contributed by atoms with E-state index in [4.69, 9.17) is 5.73 Å². The van der Waals surface area contributed by atoms with E-state index in [0.717, 1.165) is 0 Å². The van der Waals surface area contributed by atoms with Gasteiger partial charge in [-0.25, -0.2) is 0 Å². The molecule has 0 aromatic heterocycles. The highest BCUT2D eigenvalue weighted by molar-refractivity contribution is 14.1. The first-order valence-electron chi connectivity index (χ1n) is 2.21. The van der Waals surface area contributed by atoms with Gasteiger partial charge in [0.1, 0.15) is 0 Å². The van der Waals surface area contributed by atoms with Gasteiger partial charge >= 0.3 is 5.97 Å². The molecule has 0 unspecified atom stereocenters. The maximum Gasteiger partial charge on any atom is 0.320 e. The maximum absolute atomic E-state index is 10.2. The van der Waals surface area contributed by atoms with Crippen molar-refractivity contribution in [1.29, 1.82) is 0 Å². The molecule has 0 atom stereocenters. The molecule has 0 aliphatic carbocycles. The van der Waals surface area contributed by atoms with E-state index in [2.05, 4.69) is 4.74 Å². The van der Waals surface area contributed by atoms with Crippen LogP contribution in [0.1, 0.15) is 0 Å². The van der Waals surface area contributed by atoms with Crippen LogP contribution in [0.4, 0.5) is 0 Å². The number of hydrogen-bond acceptors (Lipinski definition) is 4. The van der Waals surface area contributed by atoms with E-state index >= 15 is 0 Å². The highest BCUT2D eigenvalue weighted by atomic mass is 127. The predicted octanol–water partition coefficient (Wildman–Crippen LogP) is -0.550. The van der Waals surface area contributed by atoms with Gasteiger partial charge in [0.15, 0.2) is 6.61 Å². The van der Waals surface area contributed by atoms with E-state index in [1.165, 1.54) is 22.6 Å². The highest BCUT2D eigenvalue weighted by Crippen LogP contribution is 1.86. The third-order valence-electron chi connectivity index (χ3n) is 0.513. The van der Waals surface area contributed by atoms with Crippen LogP contribution in [0.2, 0.25) is 0 Å². The summed E-state index contributed by atoms with van der Waals surface area (Å²) in [5.41, 5.74) is 4.87. The number of carbonyl (C=O) groups is 2. The summed E-state index contributed by atoms with van der Waals surface area (Å²) in [6, 6.07) is 0. The van der Waals surface area contributed by atoms with Gasteiger partial charge in [-0.3, -0.25) is 9.59 Å². The molecule has 4 nitrogen and oxygen atoms in total. The van der Waals surface area contributed by atoms with Crippen molar-refractivity contribution in [3.63, 3.8) is 0 Å². The van der Waals surface area contributed by atoms with Gasteiger partial charge in [0, 0.05) is 22.6 Å². The molecule has 0 spiro atoms. The van der Waals surface area contributed by atoms with Gasteiger partial charge in [-0.1, -0.05) is 0 Å². The Kier molecular flexibility index (Phi) is 4.60. The summed E-state index contributed by atoms with van der Waals surface area (Å²) in [5.74, 6) is -0.556. The first kappa shape index (κ1) is 8.83. The molecule has 0 fully saturated rings. The van der Waals surface area contributed by atoms with E-state index in [9.17, 15) is 9.59 Å². The standard InChI is InChI=1S/C4H6INO3/c5-3(7)2-9-4(8)1-6/h1-2,6H2. The van der Waals surface area contributed by atoms with E-state index in [1.54, 1.807) is 0 Å². The number of rotatable bonds is 3. The largest absolute Gasteiger partial charge is 0.456 e. The molecular weight excluding hydrogens is 237 g/mol. The molecule has 0 rings (SSSR count). The third-order valence-corrected chi connectivity index (χ3v) is 0.825. The number of nitrogens with two attached hydrogens (primary N) is 1. The Labute approximate surface area is 65.9 Å². The summed E-state index contributed by atoms with van der Waals surface area (Å²) in [6.07, 6.45) is 0. The van der Waals surface area contributed by atoms with Gasteiger partial charge in [-0.2, -0.15) is 0 Å². The van der Waals surface area contributed by atoms with Gasteiger partial charge in [0.2, 0.25) is 3.79 Å². The van der Waals surface area contributed by atoms with Crippen molar-refractivity contribution in [2.45, 2.75) is 0 Å². The van der Waals surface area contributed by atoms with Gasteiger partial charge in [0.05, 0.1) is 6.54 Å². The van der Waals surface area contributed by atoms with Crippen LogP contribution in [-0.2, 0) is 14.3 Å². The zero-order valence-electron chi connectivity index (χ0n) is 4.59.